The number of likely N-dealkylation sites (N-methyl/N-ethyl adjacent to an activating group) is 1. The maximum absolute atomic E-state index is 12.4. The second kappa shape index (κ2) is 6.54. The Morgan fingerprint density at radius 1 is 1.39 bits per heavy atom. The Hall–Kier alpha value is -1.36. The maximum Gasteiger partial charge on any atom is 0.257 e. The first-order valence-corrected chi connectivity index (χ1v) is 6.35. The summed E-state index contributed by atoms with van der Waals surface area (Å²) >= 11 is 0. The SMILES string of the molecule is Cc1[nH]ncc1C(=O)N(CCN(C)C)CC(C)C. The van der Waals surface area contributed by atoms with Crippen LogP contribution in [0.3, 0.4) is 0 Å². The zero-order valence-electron chi connectivity index (χ0n) is 12.0. The van der Waals surface area contributed by atoms with E-state index in [1.165, 1.54) is 0 Å². The number of amides is 1. The number of H-pyrrole nitrogens is 1. The molecule has 1 heterocycles. The van der Waals surface area contributed by atoms with Crippen molar-refractivity contribution in [1.82, 2.24) is 20.0 Å². The van der Waals surface area contributed by atoms with Crippen molar-refractivity contribution in [3.05, 3.63) is 17.5 Å². The van der Waals surface area contributed by atoms with Gasteiger partial charge in [0.25, 0.3) is 5.91 Å². The summed E-state index contributed by atoms with van der Waals surface area (Å²) in [4.78, 5) is 16.4. The molecule has 102 valence electrons. The highest BCUT2D eigenvalue weighted by molar-refractivity contribution is 5.95. The van der Waals surface area contributed by atoms with Crippen molar-refractivity contribution < 1.29 is 4.79 Å². The zero-order chi connectivity index (χ0) is 13.7. The number of aromatic nitrogens is 2. The Morgan fingerprint density at radius 2 is 2.06 bits per heavy atom. The van der Waals surface area contributed by atoms with Crippen LogP contribution in [-0.4, -0.2) is 59.6 Å². The molecule has 0 aliphatic heterocycles. The van der Waals surface area contributed by atoms with Crippen molar-refractivity contribution in [1.29, 1.82) is 0 Å². The molecular weight excluding hydrogens is 228 g/mol. The van der Waals surface area contributed by atoms with E-state index in [0.717, 1.165) is 25.3 Å². The third kappa shape index (κ3) is 4.14. The molecule has 1 aromatic heterocycles. The lowest BCUT2D eigenvalue weighted by molar-refractivity contribution is 0.0724. The highest BCUT2D eigenvalue weighted by Gasteiger charge is 2.19. The van der Waals surface area contributed by atoms with E-state index in [4.69, 9.17) is 0 Å². The summed E-state index contributed by atoms with van der Waals surface area (Å²) in [5.74, 6) is 0.528. The Labute approximate surface area is 109 Å². The summed E-state index contributed by atoms with van der Waals surface area (Å²) in [7, 11) is 4.03. The molecule has 0 bridgehead atoms. The number of carbonyl (C=O) groups excluding carboxylic acids is 1. The molecule has 1 aromatic rings. The number of hydrogen-bond donors (Lipinski definition) is 1. The quantitative estimate of drug-likeness (QED) is 0.832. The minimum absolute atomic E-state index is 0.0665. The molecule has 0 atom stereocenters. The molecule has 0 spiro atoms. The number of carbonyl (C=O) groups is 1. The standard InChI is InChI=1S/C13H24N4O/c1-10(2)9-17(7-6-16(4)5)13(18)12-8-14-15-11(12)3/h8,10H,6-7,9H2,1-5H3,(H,14,15). The number of aromatic amines is 1. The number of nitrogens with zero attached hydrogens (tertiary/aromatic N) is 3. The van der Waals surface area contributed by atoms with Crippen molar-refractivity contribution in [2.75, 3.05) is 33.7 Å². The zero-order valence-corrected chi connectivity index (χ0v) is 12.0. The van der Waals surface area contributed by atoms with Gasteiger partial charge in [-0.15, -0.1) is 0 Å². The van der Waals surface area contributed by atoms with Gasteiger partial charge in [0.15, 0.2) is 0 Å². The van der Waals surface area contributed by atoms with E-state index in [-0.39, 0.29) is 5.91 Å². The van der Waals surface area contributed by atoms with Gasteiger partial charge in [0, 0.05) is 25.3 Å². The van der Waals surface area contributed by atoms with Gasteiger partial charge in [-0.3, -0.25) is 9.89 Å². The van der Waals surface area contributed by atoms with Gasteiger partial charge in [0.2, 0.25) is 0 Å². The first-order chi connectivity index (χ1) is 8.41. The Kier molecular flexibility index (Phi) is 5.34. The van der Waals surface area contributed by atoms with Gasteiger partial charge in [-0.1, -0.05) is 13.8 Å². The number of aryl methyl sites for hydroxylation is 1. The minimum Gasteiger partial charge on any atom is -0.337 e. The van der Waals surface area contributed by atoms with E-state index >= 15 is 0 Å². The van der Waals surface area contributed by atoms with Crippen LogP contribution >= 0.6 is 0 Å². The summed E-state index contributed by atoms with van der Waals surface area (Å²) in [6, 6.07) is 0. The predicted molar refractivity (Wildman–Crippen MR) is 72.6 cm³/mol. The number of rotatable bonds is 6. The van der Waals surface area contributed by atoms with Crippen LogP contribution in [0.2, 0.25) is 0 Å². The highest BCUT2D eigenvalue weighted by atomic mass is 16.2. The van der Waals surface area contributed by atoms with E-state index in [1.54, 1.807) is 6.20 Å². The van der Waals surface area contributed by atoms with Crippen molar-refractivity contribution in [3.63, 3.8) is 0 Å². The molecule has 18 heavy (non-hydrogen) atoms. The fourth-order valence-electron chi connectivity index (χ4n) is 1.77. The van der Waals surface area contributed by atoms with E-state index in [9.17, 15) is 4.79 Å². The molecule has 0 aliphatic rings. The van der Waals surface area contributed by atoms with Gasteiger partial charge >= 0.3 is 0 Å². The van der Waals surface area contributed by atoms with Crippen LogP contribution in [0.5, 0.6) is 0 Å². The summed E-state index contributed by atoms with van der Waals surface area (Å²) in [6.45, 7) is 8.51. The maximum atomic E-state index is 12.4. The smallest absolute Gasteiger partial charge is 0.257 e. The van der Waals surface area contributed by atoms with Gasteiger partial charge in [0.05, 0.1) is 11.8 Å². The van der Waals surface area contributed by atoms with E-state index in [1.807, 2.05) is 25.9 Å². The van der Waals surface area contributed by atoms with Gasteiger partial charge in [0.1, 0.15) is 0 Å². The molecule has 0 aromatic carbocycles. The van der Waals surface area contributed by atoms with Gasteiger partial charge in [-0.25, -0.2) is 0 Å². The summed E-state index contributed by atoms with van der Waals surface area (Å²) in [5.41, 5.74) is 1.51. The van der Waals surface area contributed by atoms with E-state index in [2.05, 4.69) is 28.9 Å². The molecular formula is C13H24N4O. The lowest BCUT2D eigenvalue weighted by Crippen LogP contribution is -2.39. The van der Waals surface area contributed by atoms with Crippen LogP contribution < -0.4 is 0 Å². The molecule has 1 amide bonds. The summed E-state index contributed by atoms with van der Waals surface area (Å²) in [6.07, 6.45) is 1.61. The van der Waals surface area contributed by atoms with Gasteiger partial charge < -0.3 is 9.80 Å². The molecule has 5 nitrogen and oxygen atoms in total. The van der Waals surface area contributed by atoms with Crippen molar-refractivity contribution in [3.8, 4) is 0 Å². The molecule has 0 fully saturated rings. The van der Waals surface area contributed by atoms with Crippen LogP contribution in [0.1, 0.15) is 29.9 Å². The highest BCUT2D eigenvalue weighted by Crippen LogP contribution is 2.09. The van der Waals surface area contributed by atoms with E-state index < -0.39 is 0 Å². The van der Waals surface area contributed by atoms with Crippen LogP contribution in [0, 0.1) is 12.8 Å². The Bertz CT molecular complexity index is 384. The fraction of sp³-hybridized carbons (Fsp3) is 0.692. The number of nitrogens with one attached hydrogen (secondary N) is 1. The van der Waals surface area contributed by atoms with Crippen LogP contribution in [-0.2, 0) is 0 Å². The number of hydrogen-bond acceptors (Lipinski definition) is 3. The van der Waals surface area contributed by atoms with Crippen LogP contribution in [0.15, 0.2) is 6.20 Å². The minimum atomic E-state index is 0.0665. The predicted octanol–water partition coefficient (Wildman–Crippen LogP) is 1.38. The third-order valence-electron chi connectivity index (χ3n) is 2.75. The van der Waals surface area contributed by atoms with Crippen molar-refractivity contribution >= 4 is 5.91 Å². The Morgan fingerprint density at radius 3 is 2.50 bits per heavy atom. The first-order valence-electron chi connectivity index (χ1n) is 6.35. The molecule has 0 aliphatic carbocycles. The van der Waals surface area contributed by atoms with Gasteiger partial charge in [-0.05, 0) is 26.9 Å². The van der Waals surface area contributed by atoms with E-state index in [0.29, 0.717) is 11.5 Å². The summed E-state index contributed by atoms with van der Waals surface area (Å²) < 4.78 is 0. The monoisotopic (exact) mass is 252 g/mol. The summed E-state index contributed by atoms with van der Waals surface area (Å²) in [5, 5.41) is 6.73. The largest absolute Gasteiger partial charge is 0.337 e. The molecule has 1 N–H and O–H groups in total. The fourth-order valence-corrected chi connectivity index (χ4v) is 1.77. The average molecular weight is 252 g/mol. The first kappa shape index (κ1) is 14.7. The molecule has 0 saturated heterocycles. The van der Waals surface area contributed by atoms with Crippen molar-refractivity contribution in [2.24, 2.45) is 5.92 Å². The molecule has 5 heteroatoms. The van der Waals surface area contributed by atoms with Crippen LogP contribution in [0.4, 0.5) is 0 Å². The topological polar surface area (TPSA) is 52.2 Å². The second-order valence-electron chi connectivity index (χ2n) is 5.36. The van der Waals surface area contributed by atoms with Gasteiger partial charge in [-0.2, -0.15) is 5.10 Å². The molecule has 0 radical (unpaired) electrons. The second-order valence-corrected chi connectivity index (χ2v) is 5.36. The van der Waals surface area contributed by atoms with Crippen molar-refractivity contribution in [2.45, 2.75) is 20.8 Å². The third-order valence-corrected chi connectivity index (χ3v) is 2.75. The molecule has 0 unspecified atom stereocenters. The average Bonchev–Trinajstić information content (AvgIpc) is 2.69. The lowest BCUT2D eigenvalue weighted by atomic mass is 10.1. The Balaban J connectivity index is 2.75. The normalized spacial score (nSPS) is 11.3. The molecule has 0 saturated carbocycles. The van der Waals surface area contributed by atoms with Crippen LogP contribution in [0.25, 0.3) is 0 Å². The molecule has 1 rings (SSSR count). The lowest BCUT2D eigenvalue weighted by Gasteiger charge is -2.26.